The Morgan fingerprint density at radius 1 is 1.29 bits per heavy atom. The minimum Gasteiger partial charge on any atom is -0.401 e. The van der Waals surface area contributed by atoms with Gasteiger partial charge < -0.3 is 11.1 Å². The van der Waals surface area contributed by atoms with Crippen molar-refractivity contribution in [1.29, 1.82) is 0 Å². The third kappa shape index (κ3) is 6.12. The van der Waals surface area contributed by atoms with E-state index in [4.69, 9.17) is 5.73 Å². The van der Waals surface area contributed by atoms with Crippen molar-refractivity contribution >= 4 is 0 Å². The average Bonchev–Trinajstić information content (AvgIpc) is 2.22. The molecule has 0 radical (unpaired) electrons. The van der Waals surface area contributed by atoms with Gasteiger partial charge in [0.2, 0.25) is 0 Å². The van der Waals surface area contributed by atoms with Crippen LogP contribution >= 0.6 is 0 Å². The summed E-state index contributed by atoms with van der Waals surface area (Å²) in [6.45, 7) is 6.69. The Labute approximate surface area is 86.8 Å². The summed E-state index contributed by atoms with van der Waals surface area (Å²) in [7, 11) is 0. The number of hydrogen-bond donors (Lipinski definition) is 2. The van der Waals surface area contributed by atoms with Crippen LogP contribution in [0.2, 0.25) is 0 Å². The van der Waals surface area contributed by atoms with E-state index in [0.29, 0.717) is 0 Å². The second kappa shape index (κ2) is 8.17. The molecule has 0 aliphatic rings. The molecular formula is C12H20N2. The van der Waals surface area contributed by atoms with E-state index in [2.05, 4.69) is 17.4 Å². The highest BCUT2D eigenvalue weighted by molar-refractivity contribution is 5.14. The van der Waals surface area contributed by atoms with Gasteiger partial charge in [0.15, 0.2) is 0 Å². The summed E-state index contributed by atoms with van der Waals surface area (Å²) in [6.07, 6.45) is 1.81. The van der Waals surface area contributed by atoms with Gasteiger partial charge in [-0.15, -0.1) is 0 Å². The van der Waals surface area contributed by atoms with Crippen LogP contribution in [0, 0.1) is 0 Å². The number of nitrogens with two attached hydrogens (primary N) is 1. The van der Waals surface area contributed by atoms with Crippen LogP contribution < -0.4 is 11.1 Å². The third-order valence-electron chi connectivity index (χ3n) is 1.48. The first kappa shape index (κ1) is 12.6. The van der Waals surface area contributed by atoms with Crippen molar-refractivity contribution in [1.82, 2.24) is 5.32 Å². The molecule has 2 heteroatoms. The summed E-state index contributed by atoms with van der Waals surface area (Å²) >= 11 is 0. The van der Waals surface area contributed by atoms with Gasteiger partial charge in [-0.3, -0.25) is 0 Å². The Balaban J connectivity index is 0.000000791. The van der Waals surface area contributed by atoms with Crippen LogP contribution in [0.3, 0.4) is 0 Å². The van der Waals surface area contributed by atoms with Crippen LogP contribution in [0.25, 0.3) is 0 Å². The lowest BCUT2D eigenvalue weighted by atomic mass is 10.2. The first-order chi connectivity index (χ1) is 6.79. The summed E-state index contributed by atoms with van der Waals surface area (Å²) < 4.78 is 0. The van der Waals surface area contributed by atoms with Crippen molar-refractivity contribution in [3.8, 4) is 0 Å². The van der Waals surface area contributed by atoms with Crippen LogP contribution in [0.4, 0.5) is 0 Å². The van der Waals surface area contributed by atoms with E-state index in [-0.39, 0.29) is 0 Å². The Kier molecular flexibility index (Phi) is 7.33. The molecular weight excluding hydrogens is 172 g/mol. The Bertz CT molecular complexity index is 248. The number of allylic oxidation sites excluding steroid dienone is 1. The van der Waals surface area contributed by atoms with Crippen LogP contribution in [0.15, 0.2) is 42.2 Å². The first-order valence-corrected chi connectivity index (χ1v) is 4.98. The molecule has 2 nitrogen and oxygen atoms in total. The van der Waals surface area contributed by atoms with E-state index < -0.39 is 0 Å². The van der Waals surface area contributed by atoms with Crippen molar-refractivity contribution in [2.45, 2.75) is 27.3 Å². The number of rotatable bonds is 3. The molecule has 1 aromatic carbocycles. The topological polar surface area (TPSA) is 38.0 Å². The molecule has 0 aliphatic carbocycles. The molecule has 0 atom stereocenters. The molecule has 1 rings (SSSR count). The van der Waals surface area contributed by atoms with Gasteiger partial charge in [0, 0.05) is 18.4 Å². The molecule has 78 valence electrons. The molecule has 0 unspecified atom stereocenters. The van der Waals surface area contributed by atoms with Gasteiger partial charge in [-0.25, -0.2) is 0 Å². The van der Waals surface area contributed by atoms with Crippen molar-refractivity contribution in [2.75, 3.05) is 0 Å². The van der Waals surface area contributed by atoms with Crippen molar-refractivity contribution in [3.05, 3.63) is 47.8 Å². The second-order valence-corrected chi connectivity index (χ2v) is 2.75. The lowest BCUT2D eigenvalue weighted by Crippen LogP contribution is -2.07. The monoisotopic (exact) mass is 192 g/mol. The summed E-state index contributed by atoms with van der Waals surface area (Å²) in [5.41, 5.74) is 7.51. The maximum Gasteiger partial charge on any atom is 0.0395 e. The van der Waals surface area contributed by atoms with E-state index in [1.165, 1.54) is 5.56 Å². The predicted octanol–water partition coefficient (Wildman–Crippen LogP) is 2.62. The number of benzene rings is 1. The van der Waals surface area contributed by atoms with Gasteiger partial charge >= 0.3 is 0 Å². The van der Waals surface area contributed by atoms with E-state index in [1.807, 2.05) is 45.2 Å². The molecule has 0 aromatic heterocycles. The van der Waals surface area contributed by atoms with Gasteiger partial charge in [-0.1, -0.05) is 44.2 Å². The van der Waals surface area contributed by atoms with E-state index in [1.54, 1.807) is 0 Å². The summed E-state index contributed by atoms with van der Waals surface area (Å²) in [5, 5.41) is 3.11. The molecule has 14 heavy (non-hydrogen) atoms. The first-order valence-electron chi connectivity index (χ1n) is 4.98. The zero-order valence-corrected chi connectivity index (χ0v) is 9.25. The van der Waals surface area contributed by atoms with E-state index in [9.17, 15) is 0 Å². The second-order valence-electron chi connectivity index (χ2n) is 2.75. The van der Waals surface area contributed by atoms with Crippen LogP contribution in [-0.2, 0) is 6.54 Å². The minimum absolute atomic E-state index is 0.797. The predicted molar refractivity (Wildman–Crippen MR) is 62.6 cm³/mol. The molecule has 0 aliphatic heterocycles. The number of hydrogen-bond acceptors (Lipinski definition) is 2. The lowest BCUT2D eigenvalue weighted by Gasteiger charge is -2.00. The average molecular weight is 192 g/mol. The fourth-order valence-electron chi connectivity index (χ4n) is 0.926. The van der Waals surface area contributed by atoms with E-state index >= 15 is 0 Å². The highest BCUT2D eigenvalue weighted by Crippen LogP contribution is 1.96. The van der Waals surface area contributed by atoms with Gasteiger partial charge in [-0.05, 0) is 12.5 Å². The fourth-order valence-corrected chi connectivity index (χ4v) is 0.926. The Morgan fingerprint density at radius 3 is 2.36 bits per heavy atom. The quantitative estimate of drug-likeness (QED) is 0.772. The molecule has 3 N–H and O–H groups in total. The maximum absolute atomic E-state index is 5.46. The smallest absolute Gasteiger partial charge is 0.0395 e. The maximum atomic E-state index is 5.46. The van der Waals surface area contributed by atoms with Gasteiger partial charge in [0.25, 0.3) is 0 Å². The molecule has 0 amide bonds. The molecule has 0 fully saturated rings. The largest absolute Gasteiger partial charge is 0.401 e. The summed E-state index contributed by atoms with van der Waals surface area (Å²) in [4.78, 5) is 0. The highest BCUT2D eigenvalue weighted by atomic mass is 14.8. The van der Waals surface area contributed by atoms with Crippen LogP contribution in [0.1, 0.15) is 26.3 Å². The Morgan fingerprint density at radius 2 is 1.86 bits per heavy atom. The standard InChI is InChI=1S/C10H14N2.C2H6/c1-9(11)7-12-8-10-5-3-2-4-6-10;1-2/h2-7,12H,8,11H2,1H3;1-2H3/b9-7-;. The van der Waals surface area contributed by atoms with Crippen LogP contribution in [-0.4, -0.2) is 0 Å². The van der Waals surface area contributed by atoms with Crippen LogP contribution in [0.5, 0.6) is 0 Å². The summed E-state index contributed by atoms with van der Waals surface area (Å²) in [6, 6.07) is 10.2. The molecule has 1 aromatic rings. The third-order valence-corrected chi connectivity index (χ3v) is 1.48. The van der Waals surface area contributed by atoms with Crippen molar-refractivity contribution in [3.63, 3.8) is 0 Å². The molecule has 0 saturated heterocycles. The highest BCUT2D eigenvalue weighted by Gasteiger charge is 1.86. The van der Waals surface area contributed by atoms with Crippen molar-refractivity contribution < 1.29 is 0 Å². The molecule has 0 spiro atoms. The Hall–Kier alpha value is -1.44. The molecule has 0 heterocycles. The van der Waals surface area contributed by atoms with Gasteiger partial charge in [0.05, 0.1) is 0 Å². The van der Waals surface area contributed by atoms with Gasteiger partial charge in [-0.2, -0.15) is 0 Å². The van der Waals surface area contributed by atoms with E-state index in [0.717, 1.165) is 12.2 Å². The summed E-state index contributed by atoms with van der Waals surface area (Å²) in [5.74, 6) is 0. The number of nitrogens with one attached hydrogen (secondary N) is 1. The van der Waals surface area contributed by atoms with Crippen molar-refractivity contribution in [2.24, 2.45) is 5.73 Å². The molecule has 0 bridgehead atoms. The SMILES string of the molecule is C/C(N)=C/NCc1ccccc1.CC. The normalized spacial score (nSPS) is 10.1. The lowest BCUT2D eigenvalue weighted by molar-refractivity contribution is 0.858. The zero-order valence-electron chi connectivity index (χ0n) is 9.25. The fraction of sp³-hybridized carbons (Fsp3) is 0.333. The van der Waals surface area contributed by atoms with Gasteiger partial charge in [0.1, 0.15) is 0 Å². The minimum atomic E-state index is 0.797. The molecule has 0 saturated carbocycles. The zero-order chi connectivity index (χ0) is 10.8.